The summed E-state index contributed by atoms with van der Waals surface area (Å²) in [6.45, 7) is 4.29. The van der Waals surface area contributed by atoms with Crippen LogP contribution >= 0.6 is 0 Å². The van der Waals surface area contributed by atoms with E-state index in [0.717, 1.165) is 13.1 Å². The van der Waals surface area contributed by atoms with E-state index < -0.39 is 0 Å². The van der Waals surface area contributed by atoms with Gasteiger partial charge in [-0.2, -0.15) is 0 Å². The first-order valence-corrected chi connectivity index (χ1v) is 5.42. The molecule has 0 atom stereocenters. The molecule has 2 N–H and O–H groups in total. The van der Waals surface area contributed by atoms with Crippen molar-refractivity contribution in [1.82, 2.24) is 5.32 Å². The number of nitrogens with zero attached hydrogens (tertiary/aromatic N) is 1. The fraction of sp³-hybridized carbons (Fsp3) is 0.500. The minimum atomic E-state index is 0.600. The average molecular weight is 205 g/mol. The molecule has 0 bridgehead atoms. The third kappa shape index (κ3) is 2.23. The molecule has 0 saturated carbocycles. The predicted octanol–water partition coefficient (Wildman–Crippen LogP) is 1.44. The molecule has 0 aromatic heterocycles. The van der Waals surface area contributed by atoms with E-state index in [1.807, 2.05) is 0 Å². The summed E-state index contributed by atoms with van der Waals surface area (Å²) in [5.74, 6) is 0. The summed E-state index contributed by atoms with van der Waals surface area (Å²) in [6.07, 6.45) is 0. The van der Waals surface area contributed by atoms with E-state index in [0.29, 0.717) is 6.04 Å². The van der Waals surface area contributed by atoms with E-state index in [1.54, 1.807) is 0 Å². The number of benzene rings is 1. The molecule has 1 saturated heterocycles. The van der Waals surface area contributed by atoms with Gasteiger partial charge in [0, 0.05) is 38.6 Å². The van der Waals surface area contributed by atoms with Crippen LogP contribution in [0.15, 0.2) is 18.2 Å². The molecule has 2 rings (SSSR count). The second-order valence-electron chi connectivity index (χ2n) is 4.40. The van der Waals surface area contributed by atoms with Crippen LogP contribution in [0.3, 0.4) is 0 Å². The molecule has 0 spiro atoms. The Kier molecular flexibility index (Phi) is 2.82. The Morgan fingerprint density at radius 1 is 1.33 bits per heavy atom. The van der Waals surface area contributed by atoms with Crippen molar-refractivity contribution in [3.63, 3.8) is 0 Å². The zero-order valence-corrected chi connectivity index (χ0v) is 9.67. The van der Waals surface area contributed by atoms with Gasteiger partial charge < -0.3 is 15.5 Å². The zero-order chi connectivity index (χ0) is 10.8. The first-order chi connectivity index (χ1) is 7.16. The second kappa shape index (κ2) is 4.11. The second-order valence-corrected chi connectivity index (χ2v) is 4.40. The van der Waals surface area contributed by atoms with Gasteiger partial charge in [0.1, 0.15) is 0 Å². The minimum absolute atomic E-state index is 0.600. The average Bonchev–Trinajstić information content (AvgIpc) is 2.13. The maximum absolute atomic E-state index is 3.51. The number of hydrogen-bond acceptors (Lipinski definition) is 3. The lowest BCUT2D eigenvalue weighted by Gasteiger charge is -2.29. The van der Waals surface area contributed by atoms with E-state index in [9.17, 15) is 0 Å². The lowest BCUT2D eigenvalue weighted by molar-refractivity contribution is 0.472. The molecule has 82 valence electrons. The van der Waals surface area contributed by atoms with Gasteiger partial charge in [-0.05, 0) is 24.6 Å². The summed E-state index contributed by atoms with van der Waals surface area (Å²) in [4.78, 5) is 2.15. The summed E-state index contributed by atoms with van der Waals surface area (Å²) in [6, 6.07) is 7.14. The quantitative estimate of drug-likeness (QED) is 0.782. The first-order valence-electron chi connectivity index (χ1n) is 5.42. The molecular weight excluding hydrogens is 186 g/mol. The first kappa shape index (κ1) is 10.3. The number of hydrogen-bond donors (Lipinski definition) is 2. The van der Waals surface area contributed by atoms with Crippen molar-refractivity contribution >= 4 is 11.4 Å². The molecule has 0 radical (unpaired) electrons. The molecule has 3 nitrogen and oxygen atoms in total. The van der Waals surface area contributed by atoms with Crippen LogP contribution in [-0.2, 0) is 0 Å². The lowest BCUT2D eigenvalue weighted by Crippen LogP contribution is -2.51. The Hall–Kier alpha value is -1.22. The molecule has 1 aliphatic rings. The molecule has 1 fully saturated rings. The molecule has 15 heavy (non-hydrogen) atoms. The monoisotopic (exact) mass is 205 g/mol. The van der Waals surface area contributed by atoms with Gasteiger partial charge in [-0.1, -0.05) is 6.07 Å². The van der Waals surface area contributed by atoms with Crippen LogP contribution in [-0.4, -0.2) is 33.2 Å². The van der Waals surface area contributed by atoms with Crippen LogP contribution in [0.5, 0.6) is 0 Å². The molecule has 1 aliphatic heterocycles. The van der Waals surface area contributed by atoms with E-state index >= 15 is 0 Å². The molecule has 1 aromatic rings. The van der Waals surface area contributed by atoms with Gasteiger partial charge in [-0.3, -0.25) is 0 Å². The molecule has 0 amide bonds. The molecule has 1 heterocycles. The number of nitrogens with one attached hydrogen (secondary N) is 2. The third-order valence-corrected chi connectivity index (χ3v) is 2.84. The highest BCUT2D eigenvalue weighted by Gasteiger charge is 2.16. The van der Waals surface area contributed by atoms with Crippen molar-refractivity contribution in [2.45, 2.75) is 13.0 Å². The van der Waals surface area contributed by atoms with Crippen LogP contribution < -0.4 is 15.5 Å². The van der Waals surface area contributed by atoms with E-state index in [1.165, 1.54) is 16.9 Å². The summed E-state index contributed by atoms with van der Waals surface area (Å²) in [5, 5.41) is 6.77. The Balaban J connectivity index is 2.14. The number of rotatable bonds is 3. The zero-order valence-electron chi connectivity index (χ0n) is 9.67. The highest BCUT2D eigenvalue weighted by Crippen LogP contribution is 2.23. The number of anilines is 2. The van der Waals surface area contributed by atoms with Gasteiger partial charge in [0.25, 0.3) is 0 Å². The van der Waals surface area contributed by atoms with Gasteiger partial charge >= 0.3 is 0 Å². The highest BCUT2D eigenvalue weighted by molar-refractivity contribution is 5.62. The highest BCUT2D eigenvalue weighted by atomic mass is 15.1. The van der Waals surface area contributed by atoms with Gasteiger partial charge in [-0.25, -0.2) is 0 Å². The van der Waals surface area contributed by atoms with Gasteiger partial charge in [0.05, 0.1) is 6.04 Å². The van der Waals surface area contributed by atoms with E-state index in [2.05, 4.69) is 54.8 Å². The molecule has 0 aliphatic carbocycles. The van der Waals surface area contributed by atoms with E-state index in [-0.39, 0.29) is 0 Å². The molecular formula is C12H19N3. The largest absolute Gasteiger partial charge is 0.380 e. The summed E-state index contributed by atoms with van der Waals surface area (Å²) in [5.41, 5.74) is 3.82. The van der Waals surface area contributed by atoms with Crippen molar-refractivity contribution in [3.8, 4) is 0 Å². The van der Waals surface area contributed by atoms with Crippen molar-refractivity contribution < 1.29 is 0 Å². The van der Waals surface area contributed by atoms with Crippen molar-refractivity contribution in [3.05, 3.63) is 23.8 Å². The lowest BCUT2D eigenvalue weighted by atomic mass is 10.1. The van der Waals surface area contributed by atoms with Gasteiger partial charge in [-0.15, -0.1) is 0 Å². The minimum Gasteiger partial charge on any atom is -0.380 e. The normalized spacial score (nSPS) is 15.9. The topological polar surface area (TPSA) is 27.3 Å². The molecule has 0 unspecified atom stereocenters. The predicted molar refractivity (Wildman–Crippen MR) is 65.8 cm³/mol. The SMILES string of the molecule is Cc1ccc(NC2CNC2)cc1N(C)C. The van der Waals surface area contributed by atoms with Crippen molar-refractivity contribution in [2.75, 3.05) is 37.4 Å². The summed E-state index contributed by atoms with van der Waals surface area (Å²) >= 11 is 0. The number of aryl methyl sites for hydroxylation is 1. The maximum atomic E-state index is 3.51. The molecule has 1 aromatic carbocycles. The Labute approximate surface area is 91.5 Å². The fourth-order valence-corrected chi connectivity index (χ4v) is 1.81. The van der Waals surface area contributed by atoms with Crippen LogP contribution in [0.1, 0.15) is 5.56 Å². The van der Waals surface area contributed by atoms with Crippen molar-refractivity contribution in [1.29, 1.82) is 0 Å². The van der Waals surface area contributed by atoms with Crippen molar-refractivity contribution in [2.24, 2.45) is 0 Å². The van der Waals surface area contributed by atoms with Crippen LogP contribution in [0, 0.1) is 6.92 Å². The maximum Gasteiger partial charge on any atom is 0.0510 e. The smallest absolute Gasteiger partial charge is 0.0510 e. The molecule has 3 heteroatoms. The van der Waals surface area contributed by atoms with Crippen LogP contribution in [0.25, 0.3) is 0 Å². The summed E-state index contributed by atoms with van der Waals surface area (Å²) in [7, 11) is 4.16. The van der Waals surface area contributed by atoms with Crippen LogP contribution in [0.2, 0.25) is 0 Å². The Morgan fingerprint density at radius 2 is 2.07 bits per heavy atom. The Bertz CT molecular complexity index is 343. The standard InChI is InChI=1S/C12H19N3/c1-9-4-5-10(6-12(9)15(2)3)14-11-7-13-8-11/h4-6,11,13-14H,7-8H2,1-3H3. The van der Waals surface area contributed by atoms with Crippen LogP contribution in [0.4, 0.5) is 11.4 Å². The summed E-state index contributed by atoms with van der Waals surface area (Å²) < 4.78 is 0. The third-order valence-electron chi connectivity index (χ3n) is 2.84. The fourth-order valence-electron chi connectivity index (χ4n) is 1.81. The van der Waals surface area contributed by atoms with Gasteiger partial charge in [0.15, 0.2) is 0 Å². The Morgan fingerprint density at radius 3 is 2.60 bits per heavy atom. The van der Waals surface area contributed by atoms with E-state index in [4.69, 9.17) is 0 Å². The van der Waals surface area contributed by atoms with Gasteiger partial charge in [0.2, 0.25) is 0 Å².